The summed E-state index contributed by atoms with van der Waals surface area (Å²) in [6.45, 7) is 7.59. The smallest absolute Gasteiger partial charge is 0.225 e. The summed E-state index contributed by atoms with van der Waals surface area (Å²) in [4.78, 5) is 12.1. The summed E-state index contributed by atoms with van der Waals surface area (Å²) in [7, 11) is -3.15. The summed E-state index contributed by atoms with van der Waals surface area (Å²) in [5.74, 6) is -0.0805. The first-order valence-electron chi connectivity index (χ1n) is 7.87. The van der Waals surface area contributed by atoms with Crippen LogP contribution in [0.15, 0.2) is 24.3 Å². The number of aryl methyl sites for hydroxylation is 1. The standard InChI is InChI=1S/C17H28N2O3S/c1-6-14-9-7-8-10-15(14)19-16(20)11-13(2)18-12-17(3,4)23(5,21)22/h7-10,13,18H,6,11-12H2,1-5H3,(H,19,20). The lowest BCUT2D eigenvalue weighted by Gasteiger charge is -2.25. The fraction of sp³-hybridized carbons (Fsp3) is 0.588. The van der Waals surface area contributed by atoms with Crippen molar-refractivity contribution in [3.05, 3.63) is 29.8 Å². The third-order valence-corrected chi connectivity index (χ3v) is 6.20. The highest BCUT2D eigenvalue weighted by molar-refractivity contribution is 7.92. The molecule has 1 atom stereocenters. The number of carbonyl (C=O) groups excluding carboxylic acids is 1. The van der Waals surface area contributed by atoms with Crippen molar-refractivity contribution in [1.29, 1.82) is 0 Å². The highest BCUT2D eigenvalue weighted by atomic mass is 32.2. The Morgan fingerprint density at radius 3 is 2.43 bits per heavy atom. The van der Waals surface area contributed by atoms with Crippen molar-refractivity contribution >= 4 is 21.4 Å². The number of hydrogen-bond acceptors (Lipinski definition) is 4. The minimum atomic E-state index is -3.15. The van der Waals surface area contributed by atoms with Gasteiger partial charge in [-0.25, -0.2) is 8.42 Å². The summed E-state index contributed by atoms with van der Waals surface area (Å²) < 4.78 is 22.5. The molecule has 0 fully saturated rings. The molecule has 0 saturated carbocycles. The molecule has 0 aliphatic heterocycles. The van der Waals surface area contributed by atoms with E-state index >= 15 is 0 Å². The molecule has 1 amide bonds. The second-order valence-electron chi connectivity index (χ2n) is 6.58. The van der Waals surface area contributed by atoms with Crippen molar-refractivity contribution in [1.82, 2.24) is 5.32 Å². The van der Waals surface area contributed by atoms with E-state index in [4.69, 9.17) is 0 Å². The van der Waals surface area contributed by atoms with Gasteiger partial charge in [0.05, 0.1) is 4.75 Å². The topological polar surface area (TPSA) is 75.3 Å². The van der Waals surface area contributed by atoms with E-state index in [-0.39, 0.29) is 18.4 Å². The Bertz CT molecular complexity index is 639. The van der Waals surface area contributed by atoms with Gasteiger partial charge in [-0.1, -0.05) is 25.1 Å². The van der Waals surface area contributed by atoms with Crippen LogP contribution in [0.4, 0.5) is 5.69 Å². The maximum absolute atomic E-state index is 12.1. The van der Waals surface area contributed by atoms with Crippen LogP contribution in [0.3, 0.4) is 0 Å². The summed E-state index contributed by atoms with van der Waals surface area (Å²) >= 11 is 0. The average Bonchev–Trinajstić information content (AvgIpc) is 2.44. The largest absolute Gasteiger partial charge is 0.326 e. The number of benzene rings is 1. The molecule has 0 aromatic heterocycles. The second-order valence-corrected chi connectivity index (χ2v) is 9.23. The molecule has 5 nitrogen and oxygen atoms in total. The zero-order chi connectivity index (χ0) is 17.7. The van der Waals surface area contributed by atoms with E-state index in [9.17, 15) is 13.2 Å². The van der Waals surface area contributed by atoms with Crippen LogP contribution >= 0.6 is 0 Å². The third-order valence-electron chi connectivity index (χ3n) is 4.04. The number of para-hydroxylation sites is 1. The van der Waals surface area contributed by atoms with E-state index in [0.29, 0.717) is 6.54 Å². The van der Waals surface area contributed by atoms with E-state index in [1.807, 2.05) is 38.1 Å². The molecule has 1 unspecified atom stereocenters. The summed E-state index contributed by atoms with van der Waals surface area (Å²) in [6, 6.07) is 7.62. The fourth-order valence-electron chi connectivity index (χ4n) is 2.05. The van der Waals surface area contributed by atoms with E-state index < -0.39 is 14.6 Å². The minimum absolute atomic E-state index is 0.0805. The van der Waals surface area contributed by atoms with Crippen LogP contribution in [0.5, 0.6) is 0 Å². The van der Waals surface area contributed by atoms with Crippen LogP contribution in [0.2, 0.25) is 0 Å². The normalized spacial score (nSPS) is 13.6. The molecule has 0 saturated heterocycles. The Kier molecular flexibility index (Phi) is 6.77. The number of rotatable bonds is 8. The first-order valence-corrected chi connectivity index (χ1v) is 9.76. The molecule has 0 heterocycles. The van der Waals surface area contributed by atoms with Gasteiger partial charge < -0.3 is 10.6 Å². The van der Waals surface area contributed by atoms with Gasteiger partial charge in [0.1, 0.15) is 0 Å². The quantitative estimate of drug-likeness (QED) is 0.762. The van der Waals surface area contributed by atoms with E-state index in [2.05, 4.69) is 10.6 Å². The third kappa shape index (κ3) is 5.95. The minimum Gasteiger partial charge on any atom is -0.326 e. The van der Waals surface area contributed by atoms with Crippen LogP contribution in [-0.4, -0.2) is 37.9 Å². The molecule has 2 N–H and O–H groups in total. The molecular formula is C17H28N2O3S. The lowest BCUT2D eigenvalue weighted by atomic mass is 10.1. The molecule has 1 aromatic rings. The number of sulfone groups is 1. The average molecular weight is 340 g/mol. The van der Waals surface area contributed by atoms with Gasteiger partial charge in [-0.3, -0.25) is 4.79 Å². The highest BCUT2D eigenvalue weighted by Crippen LogP contribution is 2.16. The molecule has 0 aliphatic rings. The molecule has 1 rings (SSSR count). The lowest BCUT2D eigenvalue weighted by Crippen LogP contribution is -2.45. The van der Waals surface area contributed by atoms with Crippen LogP contribution < -0.4 is 10.6 Å². The molecule has 0 spiro atoms. The predicted molar refractivity (Wildman–Crippen MR) is 95.5 cm³/mol. The monoisotopic (exact) mass is 340 g/mol. The number of nitrogens with one attached hydrogen (secondary N) is 2. The maximum Gasteiger partial charge on any atom is 0.225 e. The van der Waals surface area contributed by atoms with Crippen LogP contribution in [-0.2, 0) is 21.1 Å². The molecule has 0 aliphatic carbocycles. The molecule has 1 aromatic carbocycles. The van der Waals surface area contributed by atoms with Crippen molar-refractivity contribution < 1.29 is 13.2 Å². The molecule has 130 valence electrons. The van der Waals surface area contributed by atoms with Gasteiger partial charge >= 0.3 is 0 Å². The van der Waals surface area contributed by atoms with Gasteiger partial charge in [0.15, 0.2) is 9.84 Å². The fourth-order valence-corrected chi connectivity index (χ4v) is 2.40. The Morgan fingerprint density at radius 1 is 1.26 bits per heavy atom. The lowest BCUT2D eigenvalue weighted by molar-refractivity contribution is -0.116. The second kappa shape index (κ2) is 7.93. The summed E-state index contributed by atoms with van der Waals surface area (Å²) in [6.07, 6.45) is 2.37. The van der Waals surface area contributed by atoms with Gasteiger partial charge in [0.2, 0.25) is 5.91 Å². The van der Waals surface area contributed by atoms with Gasteiger partial charge in [-0.2, -0.15) is 0 Å². The van der Waals surface area contributed by atoms with Gasteiger partial charge in [0.25, 0.3) is 0 Å². The van der Waals surface area contributed by atoms with Gasteiger partial charge in [0, 0.05) is 31.0 Å². The first-order chi connectivity index (χ1) is 10.6. The van der Waals surface area contributed by atoms with Crippen LogP contribution in [0, 0.1) is 0 Å². The van der Waals surface area contributed by atoms with Crippen molar-refractivity contribution in [2.45, 2.75) is 51.3 Å². The van der Waals surface area contributed by atoms with Crippen LogP contribution in [0.25, 0.3) is 0 Å². The predicted octanol–water partition coefficient (Wildman–Crippen LogP) is 2.38. The van der Waals surface area contributed by atoms with Crippen molar-refractivity contribution in [2.24, 2.45) is 0 Å². The Labute approximate surface area is 139 Å². The Hall–Kier alpha value is -1.40. The number of anilines is 1. The molecule has 0 radical (unpaired) electrons. The number of carbonyl (C=O) groups is 1. The summed E-state index contributed by atoms with van der Waals surface area (Å²) in [5.41, 5.74) is 1.93. The van der Waals surface area contributed by atoms with E-state index in [0.717, 1.165) is 17.7 Å². The Balaban J connectivity index is 2.54. The first kappa shape index (κ1) is 19.6. The highest BCUT2D eigenvalue weighted by Gasteiger charge is 2.30. The molecule has 0 bridgehead atoms. The van der Waals surface area contributed by atoms with Crippen molar-refractivity contribution in [3.63, 3.8) is 0 Å². The maximum atomic E-state index is 12.1. The summed E-state index contributed by atoms with van der Waals surface area (Å²) in [5, 5.41) is 6.06. The molecule has 23 heavy (non-hydrogen) atoms. The molecular weight excluding hydrogens is 312 g/mol. The van der Waals surface area contributed by atoms with Crippen LogP contribution in [0.1, 0.15) is 39.7 Å². The zero-order valence-corrected chi connectivity index (χ0v) is 15.5. The number of hydrogen-bond donors (Lipinski definition) is 2. The van der Waals surface area contributed by atoms with Crippen molar-refractivity contribution in [2.75, 3.05) is 18.1 Å². The van der Waals surface area contributed by atoms with E-state index in [1.165, 1.54) is 6.26 Å². The zero-order valence-electron chi connectivity index (χ0n) is 14.6. The Morgan fingerprint density at radius 2 is 1.87 bits per heavy atom. The van der Waals surface area contributed by atoms with Gasteiger partial charge in [-0.05, 0) is 38.8 Å². The number of amides is 1. The van der Waals surface area contributed by atoms with E-state index in [1.54, 1.807) is 13.8 Å². The SMILES string of the molecule is CCc1ccccc1NC(=O)CC(C)NCC(C)(C)S(C)(=O)=O. The van der Waals surface area contributed by atoms with Crippen molar-refractivity contribution in [3.8, 4) is 0 Å². The van der Waals surface area contributed by atoms with Gasteiger partial charge in [-0.15, -0.1) is 0 Å². The molecule has 6 heteroatoms.